The van der Waals surface area contributed by atoms with E-state index in [4.69, 9.17) is 16.3 Å². The van der Waals surface area contributed by atoms with Crippen LogP contribution < -0.4 is 4.74 Å². The first-order valence-electron chi connectivity index (χ1n) is 5.80. The van der Waals surface area contributed by atoms with Crippen molar-refractivity contribution < 1.29 is 18.1 Å². The average Bonchev–Trinajstić information content (AvgIpc) is 2.42. The molecular formula is C13H9BrClNO5S. The van der Waals surface area contributed by atoms with Gasteiger partial charge in [-0.05, 0) is 30.3 Å². The normalized spacial score (nSPS) is 11.2. The maximum atomic E-state index is 11.5. The Hall–Kier alpha value is -1.64. The second-order valence-corrected chi connectivity index (χ2v) is 7.67. The first-order chi connectivity index (χ1) is 10.2. The zero-order valence-electron chi connectivity index (χ0n) is 11.1. The van der Waals surface area contributed by atoms with Crippen LogP contribution in [0.2, 0.25) is 5.02 Å². The van der Waals surface area contributed by atoms with E-state index in [0.29, 0.717) is 4.47 Å². The molecule has 22 heavy (non-hydrogen) atoms. The highest BCUT2D eigenvalue weighted by atomic mass is 79.9. The lowest BCUT2D eigenvalue weighted by atomic mass is 10.3. The summed E-state index contributed by atoms with van der Waals surface area (Å²) in [6.07, 6.45) is 0.970. The summed E-state index contributed by atoms with van der Waals surface area (Å²) in [6.45, 7) is 0. The van der Waals surface area contributed by atoms with Crippen molar-refractivity contribution in [2.24, 2.45) is 0 Å². The highest BCUT2D eigenvalue weighted by molar-refractivity contribution is 9.10. The number of halogens is 2. The van der Waals surface area contributed by atoms with Crippen LogP contribution in [0.4, 0.5) is 5.69 Å². The van der Waals surface area contributed by atoms with Gasteiger partial charge in [0, 0.05) is 16.8 Å². The fraction of sp³-hybridized carbons (Fsp3) is 0.0769. The first kappa shape index (κ1) is 16.7. The summed E-state index contributed by atoms with van der Waals surface area (Å²) in [5.41, 5.74) is -0.459. The molecule has 0 aliphatic rings. The Morgan fingerprint density at radius 2 is 1.86 bits per heavy atom. The van der Waals surface area contributed by atoms with Crippen LogP contribution in [0, 0.1) is 10.1 Å². The Bertz CT molecular complexity index is 854. The number of hydrogen-bond acceptors (Lipinski definition) is 5. The van der Waals surface area contributed by atoms with E-state index in [0.717, 1.165) is 12.3 Å². The molecule has 0 atom stereocenters. The molecule has 0 aliphatic carbocycles. The van der Waals surface area contributed by atoms with Gasteiger partial charge in [0.05, 0.1) is 14.8 Å². The van der Waals surface area contributed by atoms with Gasteiger partial charge in [-0.1, -0.05) is 27.5 Å². The predicted molar refractivity (Wildman–Crippen MR) is 85.4 cm³/mol. The van der Waals surface area contributed by atoms with Crippen LogP contribution in [0.3, 0.4) is 0 Å². The third-order valence-corrected chi connectivity index (χ3v) is 4.58. The molecule has 0 saturated carbocycles. The van der Waals surface area contributed by atoms with E-state index >= 15 is 0 Å². The minimum atomic E-state index is -3.56. The van der Waals surface area contributed by atoms with Crippen molar-refractivity contribution in [2.75, 3.05) is 6.26 Å². The van der Waals surface area contributed by atoms with Crippen LogP contribution in [0.25, 0.3) is 0 Å². The molecule has 0 amide bonds. The molecule has 0 N–H and O–H groups in total. The fourth-order valence-electron chi connectivity index (χ4n) is 1.63. The van der Waals surface area contributed by atoms with Crippen molar-refractivity contribution in [1.82, 2.24) is 0 Å². The predicted octanol–water partition coefficient (Wildman–Crippen LogP) is 4.21. The second-order valence-electron chi connectivity index (χ2n) is 4.34. The number of nitrogens with zero attached hydrogens (tertiary/aromatic N) is 1. The molecule has 0 aromatic heterocycles. The van der Waals surface area contributed by atoms with E-state index in [1.54, 1.807) is 18.2 Å². The maximum Gasteiger partial charge on any atom is 0.312 e. The number of hydrogen-bond donors (Lipinski definition) is 0. The van der Waals surface area contributed by atoms with Gasteiger partial charge in [-0.25, -0.2) is 8.42 Å². The van der Waals surface area contributed by atoms with Crippen LogP contribution in [-0.4, -0.2) is 19.6 Å². The molecular weight excluding hydrogens is 398 g/mol. The van der Waals surface area contributed by atoms with Crippen LogP contribution in [0.1, 0.15) is 0 Å². The van der Waals surface area contributed by atoms with Crippen LogP contribution in [-0.2, 0) is 9.84 Å². The van der Waals surface area contributed by atoms with E-state index in [9.17, 15) is 18.5 Å². The second kappa shape index (κ2) is 6.23. The van der Waals surface area contributed by atoms with Gasteiger partial charge in [0.2, 0.25) is 5.75 Å². The summed E-state index contributed by atoms with van der Waals surface area (Å²) in [6, 6.07) is 8.23. The van der Waals surface area contributed by atoms with Crippen molar-refractivity contribution in [3.63, 3.8) is 0 Å². The summed E-state index contributed by atoms with van der Waals surface area (Å²) < 4.78 is 29.1. The number of benzene rings is 2. The minimum absolute atomic E-state index is 0.0996. The summed E-state index contributed by atoms with van der Waals surface area (Å²) in [5, 5.41) is 11.4. The summed E-state index contributed by atoms with van der Waals surface area (Å²) in [7, 11) is -3.56. The molecule has 0 heterocycles. The summed E-state index contributed by atoms with van der Waals surface area (Å²) in [4.78, 5) is 10.3. The summed E-state index contributed by atoms with van der Waals surface area (Å²) in [5.74, 6) is 0.114. The molecule has 2 aromatic carbocycles. The monoisotopic (exact) mass is 405 g/mol. The van der Waals surface area contributed by atoms with Crippen molar-refractivity contribution >= 4 is 43.1 Å². The lowest BCUT2D eigenvalue weighted by molar-refractivity contribution is -0.385. The Labute approximate surface area is 139 Å². The number of ether oxygens (including phenoxy) is 1. The highest BCUT2D eigenvalue weighted by Gasteiger charge is 2.21. The van der Waals surface area contributed by atoms with Crippen molar-refractivity contribution in [2.45, 2.75) is 4.90 Å². The molecule has 0 aliphatic heterocycles. The zero-order chi connectivity index (χ0) is 16.5. The Morgan fingerprint density at radius 3 is 2.45 bits per heavy atom. The van der Waals surface area contributed by atoms with E-state index in [2.05, 4.69) is 15.9 Å². The van der Waals surface area contributed by atoms with Gasteiger partial charge in [0.25, 0.3) is 0 Å². The van der Waals surface area contributed by atoms with Crippen LogP contribution >= 0.6 is 27.5 Å². The van der Waals surface area contributed by atoms with Crippen LogP contribution in [0.5, 0.6) is 11.5 Å². The molecule has 0 radical (unpaired) electrons. The van der Waals surface area contributed by atoms with E-state index in [1.165, 1.54) is 12.1 Å². The quantitative estimate of drug-likeness (QED) is 0.561. The Kier molecular flexibility index (Phi) is 4.74. The lowest BCUT2D eigenvalue weighted by Gasteiger charge is -2.09. The molecule has 116 valence electrons. The topological polar surface area (TPSA) is 86.5 Å². The van der Waals surface area contributed by atoms with Crippen molar-refractivity contribution in [3.8, 4) is 11.5 Å². The zero-order valence-corrected chi connectivity index (χ0v) is 14.3. The molecule has 2 rings (SSSR count). The van der Waals surface area contributed by atoms with Crippen molar-refractivity contribution in [1.29, 1.82) is 0 Å². The lowest BCUT2D eigenvalue weighted by Crippen LogP contribution is -2.00. The van der Waals surface area contributed by atoms with Gasteiger partial charge in [0.1, 0.15) is 5.75 Å². The largest absolute Gasteiger partial charge is 0.449 e. The molecule has 0 spiro atoms. The minimum Gasteiger partial charge on any atom is -0.449 e. The maximum absolute atomic E-state index is 11.5. The molecule has 0 unspecified atom stereocenters. The number of sulfone groups is 1. The van der Waals surface area contributed by atoms with Crippen molar-refractivity contribution in [3.05, 3.63) is 56.0 Å². The highest BCUT2D eigenvalue weighted by Crippen LogP contribution is 2.37. The molecule has 6 nitrogen and oxygen atoms in total. The standard InChI is InChI=1S/C13H9BrClNO5S/c1-22(19,20)9-3-5-12(11(7-9)16(17)18)21-13-6-8(14)2-4-10(13)15/h2-7H,1H3. The van der Waals surface area contributed by atoms with Gasteiger partial charge < -0.3 is 4.74 Å². The first-order valence-corrected chi connectivity index (χ1v) is 8.86. The summed E-state index contributed by atoms with van der Waals surface area (Å²) >= 11 is 9.21. The molecule has 0 saturated heterocycles. The van der Waals surface area contributed by atoms with E-state index in [-0.39, 0.29) is 21.4 Å². The molecule has 2 aromatic rings. The van der Waals surface area contributed by atoms with Gasteiger partial charge in [0.15, 0.2) is 9.84 Å². The third kappa shape index (κ3) is 3.76. The third-order valence-electron chi connectivity index (χ3n) is 2.67. The average molecular weight is 407 g/mol. The fourth-order valence-corrected chi connectivity index (χ4v) is 2.77. The number of nitro benzene ring substituents is 1. The Balaban J connectivity index is 2.51. The molecule has 0 fully saturated rings. The Morgan fingerprint density at radius 1 is 1.18 bits per heavy atom. The van der Waals surface area contributed by atoms with Gasteiger partial charge >= 0.3 is 5.69 Å². The number of nitro groups is 1. The van der Waals surface area contributed by atoms with E-state index < -0.39 is 20.4 Å². The SMILES string of the molecule is CS(=O)(=O)c1ccc(Oc2cc(Br)ccc2Cl)c([N+](=O)[O-])c1. The van der Waals surface area contributed by atoms with E-state index in [1.807, 2.05) is 0 Å². The van der Waals surface area contributed by atoms with Crippen LogP contribution in [0.15, 0.2) is 45.8 Å². The smallest absolute Gasteiger partial charge is 0.312 e. The van der Waals surface area contributed by atoms with Gasteiger partial charge in [-0.3, -0.25) is 10.1 Å². The molecule has 9 heteroatoms. The van der Waals surface area contributed by atoms with Gasteiger partial charge in [-0.2, -0.15) is 0 Å². The number of rotatable bonds is 4. The van der Waals surface area contributed by atoms with Gasteiger partial charge in [-0.15, -0.1) is 0 Å². The molecule has 0 bridgehead atoms.